The molecule has 1 fully saturated rings. The Labute approximate surface area is 142 Å². The van der Waals surface area contributed by atoms with Gasteiger partial charge in [-0.2, -0.15) is 0 Å². The monoisotopic (exact) mass is 355 g/mol. The summed E-state index contributed by atoms with van der Waals surface area (Å²) in [6, 6.07) is 0.276. The zero-order valence-corrected chi connectivity index (χ0v) is 14.5. The Morgan fingerprint density at radius 1 is 1.48 bits per heavy atom. The number of ether oxygens (including phenoxy) is 2. The van der Waals surface area contributed by atoms with Crippen molar-refractivity contribution in [1.29, 1.82) is 0 Å². The van der Waals surface area contributed by atoms with Crippen molar-refractivity contribution in [3.05, 3.63) is 15.5 Å². The quantitative estimate of drug-likeness (QED) is 0.778. The number of pyridine rings is 1. The number of hydrogen-bond donors (Lipinski definition) is 2. The van der Waals surface area contributed by atoms with Gasteiger partial charge in [-0.15, -0.1) is 11.3 Å². The van der Waals surface area contributed by atoms with Gasteiger partial charge in [0.2, 0.25) is 5.88 Å². The van der Waals surface area contributed by atoms with E-state index in [1.54, 1.807) is 7.11 Å². The third-order valence-electron chi connectivity index (χ3n) is 3.67. The predicted molar refractivity (Wildman–Crippen MR) is 91.6 cm³/mol. The van der Waals surface area contributed by atoms with E-state index in [9.17, 15) is 4.79 Å². The molecule has 124 valence electrons. The molecule has 2 aromatic rings. The van der Waals surface area contributed by atoms with Gasteiger partial charge in [0.05, 0.1) is 12.3 Å². The molecule has 23 heavy (non-hydrogen) atoms. The van der Waals surface area contributed by atoms with Gasteiger partial charge in [0.25, 0.3) is 5.91 Å². The highest BCUT2D eigenvalue weighted by molar-refractivity contribution is 7.21. The number of nitrogens with two attached hydrogens (primary N) is 1. The highest BCUT2D eigenvalue weighted by Crippen LogP contribution is 2.40. The van der Waals surface area contributed by atoms with E-state index in [4.69, 9.17) is 26.8 Å². The second kappa shape index (κ2) is 6.51. The lowest BCUT2D eigenvalue weighted by Crippen LogP contribution is -2.25. The minimum Gasteiger partial charge on any atom is -0.474 e. The number of halogens is 1. The number of methoxy groups -OCH3 is 1. The number of rotatable bonds is 6. The van der Waals surface area contributed by atoms with Crippen LogP contribution in [-0.4, -0.2) is 37.3 Å². The Balaban J connectivity index is 1.97. The highest BCUT2D eigenvalue weighted by atomic mass is 35.5. The number of hydrogen-bond acceptors (Lipinski definition) is 6. The Bertz CT molecular complexity index is 758. The van der Waals surface area contributed by atoms with E-state index >= 15 is 0 Å². The van der Waals surface area contributed by atoms with Gasteiger partial charge in [-0.05, 0) is 25.3 Å². The van der Waals surface area contributed by atoms with Crippen molar-refractivity contribution < 1.29 is 14.3 Å². The van der Waals surface area contributed by atoms with Crippen molar-refractivity contribution in [1.82, 2.24) is 10.3 Å². The molecule has 6 nitrogen and oxygen atoms in total. The van der Waals surface area contributed by atoms with E-state index in [2.05, 4.69) is 10.3 Å². The lowest BCUT2D eigenvalue weighted by atomic mass is 10.1. The van der Waals surface area contributed by atoms with E-state index in [1.807, 2.05) is 6.92 Å². The smallest absolute Gasteiger partial charge is 0.263 e. The van der Waals surface area contributed by atoms with Crippen LogP contribution in [0, 0.1) is 6.92 Å². The van der Waals surface area contributed by atoms with Gasteiger partial charge >= 0.3 is 0 Å². The summed E-state index contributed by atoms with van der Waals surface area (Å²) in [6.45, 7) is 2.64. The van der Waals surface area contributed by atoms with Gasteiger partial charge in [-0.25, -0.2) is 4.98 Å². The average Bonchev–Trinajstić information content (AvgIpc) is 3.26. The van der Waals surface area contributed by atoms with Crippen LogP contribution in [0.1, 0.15) is 28.1 Å². The molecule has 1 amide bonds. The molecule has 1 saturated carbocycles. The summed E-state index contributed by atoms with van der Waals surface area (Å²) in [6.07, 6.45) is 2.05. The Morgan fingerprint density at radius 2 is 2.22 bits per heavy atom. The third kappa shape index (κ3) is 3.22. The molecular formula is C15H18ClN3O3S. The van der Waals surface area contributed by atoms with Crippen molar-refractivity contribution in [3.63, 3.8) is 0 Å². The van der Waals surface area contributed by atoms with Gasteiger partial charge in [0, 0.05) is 18.5 Å². The molecule has 3 rings (SSSR count). The number of aromatic nitrogens is 1. The summed E-state index contributed by atoms with van der Waals surface area (Å²) < 4.78 is 10.5. The van der Waals surface area contributed by atoms with Crippen LogP contribution in [0.2, 0.25) is 5.02 Å². The summed E-state index contributed by atoms with van der Waals surface area (Å²) in [5.74, 6) is 0.189. The van der Waals surface area contributed by atoms with Crippen LogP contribution >= 0.6 is 22.9 Å². The molecular weight excluding hydrogens is 338 g/mol. The van der Waals surface area contributed by atoms with Crippen molar-refractivity contribution in [2.45, 2.75) is 25.8 Å². The van der Waals surface area contributed by atoms with Crippen LogP contribution in [0.15, 0.2) is 0 Å². The Kier molecular flexibility index (Phi) is 4.61. The Hall–Kier alpha value is -1.57. The van der Waals surface area contributed by atoms with Gasteiger partial charge in [0.1, 0.15) is 21.3 Å². The number of thiophene rings is 1. The molecule has 0 atom stereocenters. The van der Waals surface area contributed by atoms with Crippen LogP contribution < -0.4 is 15.8 Å². The average molecular weight is 356 g/mol. The van der Waals surface area contributed by atoms with Crippen LogP contribution in [-0.2, 0) is 4.74 Å². The maximum Gasteiger partial charge on any atom is 0.263 e. The number of nitrogens with one attached hydrogen (secondary N) is 1. The lowest BCUT2D eigenvalue weighted by molar-refractivity contribution is 0.0956. The van der Waals surface area contributed by atoms with Crippen LogP contribution in [0.5, 0.6) is 5.88 Å². The fraction of sp³-hybridized carbons (Fsp3) is 0.467. The van der Waals surface area contributed by atoms with E-state index in [0.717, 1.165) is 23.8 Å². The van der Waals surface area contributed by atoms with Crippen molar-refractivity contribution in [2.24, 2.45) is 0 Å². The Morgan fingerprint density at radius 3 is 2.87 bits per heavy atom. The van der Waals surface area contributed by atoms with Gasteiger partial charge < -0.3 is 20.5 Å². The number of nitrogen functional groups attached to an aromatic ring is 1. The summed E-state index contributed by atoms with van der Waals surface area (Å²) in [4.78, 5) is 17.8. The summed E-state index contributed by atoms with van der Waals surface area (Å²) in [5, 5.41) is 4.08. The largest absolute Gasteiger partial charge is 0.474 e. The molecule has 0 bridgehead atoms. The topological polar surface area (TPSA) is 86.5 Å². The molecule has 2 aromatic heterocycles. The molecule has 0 aliphatic heterocycles. The standard InChI is InChI=1S/C15H18ClN3O3S/c1-7-9-11(17)12(13(20)18-8-3-4-8)23-15(9)19-14(10(7)16)22-6-5-21-2/h8H,3-6,17H2,1-2H3,(H,18,20). The van der Waals surface area contributed by atoms with Gasteiger partial charge in [-0.3, -0.25) is 4.79 Å². The second-order valence-electron chi connectivity index (χ2n) is 5.47. The van der Waals surface area contributed by atoms with E-state index in [-0.39, 0.29) is 11.9 Å². The molecule has 2 heterocycles. The molecule has 0 saturated heterocycles. The first-order valence-corrected chi connectivity index (χ1v) is 8.53. The SMILES string of the molecule is COCCOc1nc2sc(C(=O)NC3CC3)c(N)c2c(C)c1Cl. The van der Waals surface area contributed by atoms with Crippen LogP contribution in [0.4, 0.5) is 5.69 Å². The molecule has 0 aromatic carbocycles. The van der Waals surface area contributed by atoms with E-state index < -0.39 is 0 Å². The number of aryl methyl sites for hydroxylation is 1. The number of nitrogens with zero attached hydrogens (tertiary/aromatic N) is 1. The van der Waals surface area contributed by atoms with E-state index in [1.165, 1.54) is 11.3 Å². The van der Waals surface area contributed by atoms with Crippen molar-refractivity contribution >= 4 is 44.7 Å². The first-order chi connectivity index (χ1) is 11.0. The molecule has 8 heteroatoms. The zero-order chi connectivity index (χ0) is 16.6. The van der Waals surface area contributed by atoms with Crippen LogP contribution in [0.25, 0.3) is 10.2 Å². The number of fused-ring (bicyclic) bond motifs is 1. The van der Waals surface area contributed by atoms with Crippen molar-refractivity contribution in [3.8, 4) is 5.88 Å². The maximum atomic E-state index is 12.3. The number of amides is 1. The van der Waals surface area contributed by atoms with Crippen LogP contribution in [0.3, 0.4) is 0 Å². The molecule has 0 spiro atoms. The number of carbonyl (C=O) groups excluding carboxylic acids is 1. The fourth-order valence-electron chi connectivity index (χ4n) is 2.25. The molecule has 3 N–H and O–H groups in total. The highest BCUT2D eigenvalue weighted by Gasteiger charge is 2.27. The minimum atomic E-state index is -0.148. The summed E-state index contributed by atoms with van der Waals surface area (Å²) in [7, 11) is 1.59. The number of anilines is 1. The van der Waals surface area contributed by atoms with Gasteiger partial charge in [-0.1, -0.05) is 11.6 Å². The lowest BCUT2D eigenvalue weighted by Gasteiger charge is -2.09. The molecule has 1 aliphatic rings. The first-order valence-electron chi connectivity index (χ1n) is 7.33. The fourth-order valence-corrected chi connectivity index (χ4v) is 3.49. The normalized spacial score (nSPS) is 14.2. The third-order valence-corrected chi connectivity index (χ3v) is 5.21. The summed E-state index contributed by atoms with van der Waals surface area (Å²) >= 11 is 7.59. The minimum absolute atomic E-state index is 0.148. The summed E-state index contributed by atoms with van der Waals surface area (Å²) in [5.41, 5.74) is 7.36. The second-order valence-corrected chi connectivity index (χ2v) is 6.85. The van der Waals surface area contributed by atoms with E-state index in [0.29, 0.717) is 39.5 Å². The number of carbonyl (C=O) groups is 1. The molecule has 0 radical (unpaired) electrons. The first kappa shape index (κ1) is 16.3. The molecule has 1 aliphatic carbocycles. The molecule has 0 unspecified atom stereocenters. The predicted octanol–water partition coefficient (Wildman–Crippen LogP) is 2.76. The zero-order valence-electron chi connectivity index (χ0n) is 12.9. The van der Waals surface area contributed by atoms with Gasteiger partial charge in [0.15, 0.2) is 0 Å². The maximum absolute atomic E-state index is 12.3. The van der Waals surface area contributed by atoms with Crippen molar-refractivity contribution in [2.75, 3.05) is 26.1 Å².